The average molecular weight is 314 g/mol. The van der Waals surface area contributed by atoms with E-state index in [0.717, 1.165) is 11.3 Å². The van der Waals surface area contributed by atoms with Crippen molar-refractivity contribution in [2.24, 2.45) is 0 Å². The van der Waals surface area contributed by atoms with Crippen molar-refractivity contribution in [2.75, 3.05) is 11.9 Å². The van der Waals surface area contributed by atoms with E-state index in [1.807, 2.05) is 12.1 Å². The molecule has 112 valence electrons. The molecule has 2 rings (SSSR count). The predicted molar refractivity (Wildman–Crippen MR) is 91.2 cm³/mol. The monoisotopic (exact) mass is 313 g/mol. The van der Waals surface area contributed by atoms with Gasteiger partial charge < -0.3 is 10.1 Å². The van der Waals surface area contributed by atoms with Gasteiger partial charge in [0.1, 0.15) is 12.4 Å². The Morgan fingerprint density at radius 3 is 2.45 bits per heavy atom. The Morgan fingerprint density at radius 2 is 1.82 bits per heavy atom. The molecule has 0 heterocycles. The summed E-state index contributed by atoms with van der Waals surface area (Å²) in [7, 11) is 0. The third kappa shape index (κ3) is 5.11. The topological polar surface area (TPSA) is 38.3 Å². The molecular formula is C18H16ClNO2. The first kappa shape index (κ1) is 15.9. The van der Waals surface area contributed by atoms with Gasteiger partial charge in [0.25, 0.3) is 0 Å². The van der Waals surface area contributed by atoms with Gasteiger partial charge in [-0.3, -0.25) is 4.79 Å². The van der Waals surface area contributed by atoms with Crippen LogP contribution in [-0.2, 0) is 4.79 Å². The number of halogens is 1. The molecule has 0 aliphatic rings. The largest absolute Gasteiger partial charge is 0.490 e. The van der Waals surface area contributed by atoms with Crippen molar-refractivity contribution in [3.63, 3.8) is 0 Å². The SMILES string of the molecule is C=CCOc1ccc(NC(=O)/C=C/c2ccc(Cl)cc2)cc1. The number of benzene rings is 2. The maximum absolute atomic E-state index is 11.8. The second-order valence-electron chi connectivity index (χ2n) is 4.50. The fourth-order valence-electron chi connectivity index (χ4n) is 1.72. The minimum Gasteiger partial charge on any atom is -0.490 e. The normalized spacial score (nSPS) is 10.4. The summed E-state index contributed by atoms with van der Waals surface area (Å²) in [5.41, 5.74) is 1.62. The molecule has 0 saturated heterocycles. The number of amides is 1. The molecule has 0 fully saturated rings. The van der Waals surface area contributed by atoms with Crippen molar-refractivity contribution in [3.05, 3.63) is 77.8 Å². The van der Waals surface area contributed by atoms with Gasteiger partial charge >= 0.3 is 0 Å². The van der Waals surface area contributed by atoms with Crippen LogP contribution >= 0.6 is 11.6 Å². The first-order chi connectivity index (χ1) is 10.7. The van der Waals surface area contributed by atoms with E-state index in [9.17, 15) is 4.79 Å². The second kappa shape index (κ2) is 8.05. The highest BCUT2D eigenvalue weighted by molar-refractivity contribution is 6.30. The van der Waals surface area contributed by atoms with Gasteiger partial charge in [-0.1, -0.05) is 36.4 Å². The molecule has 3 nitrogen and oxygen atoms in total. The van der Waals surface area contributed by atoms with Gasteiger partial charge in [0.15, 0.2) is 0 Å². The summed E-state index contributed by atoms with van der Waals surface area (Å²) in [4.78, 5) is 11.8. The van der Waals surface area contributed by atoms with Crippen LogP contribution < -0.4 is 10.1 Å². The van der Waals surface area contributed by atoms with Crippen molar-refractivity contribution in [1.82, 2.24) is 0 Å². The molecule has 22 heavy (non-hydrogen) atoms. The fraction of sp³-hybridized carbons (Fsp3) is 0.0556. The Hall–Kier alpha value is -2.52. The van der Waals surface area contributed by atoms with Gasteiger partial charge in [-0.25, -0.2) is 0 Å². The van der Waals surface area contributed by atoms with E-state index in [0.29, 0.717) is 17.3 Å². The van der Waals surface area contributed by atoms with E-state index in [1.165, 1.54) is 6.08 Å². The highest BCUT2D eigenvalue weighted by atomic mass is 35.5. The van der Waals surface area contributed by atoms with Gasteiger partial charge in [-0.05, 0) is 48.0 Å². The van der Waals surface area contributed by atoms with Gasteiger partial charge in [0, 0.05) is 16.8 Å². The molecule has 0 bridgehead atoms. The summed E-state index contributed by atoms with van der Waals surface area (Å²) in [6.07, 6.45) is 4.88. The molecule has 0 aliphatic carbocycles. The molecule has 0 atom stereocenters. The maximum atomic E-state index is 11.8. The Kier molecular flexibility index (Phi) is 5.81. The average Bonchev–Trinajstić information content (AvgIpc) is 2.54. The molecule has 0 unspecified atom stereocenters. The summed E-state index contributed by atoms with van der Waals surface area (Å²) in [6.45, 7) is 4.04. The molecule has 1 N–H and O–H groups in total. The third-order valence-corrected chi connectivity index (χ3v) is 3.04. The van der Waals surface area contributed by atoms with Crippen LogP contribution in [0.5, 0.6) is 5.75 Å². The molecule has 4 heteroatoms. The van der Waals surface area contributed by atoms with Crippen LogP contribution in [-0.4, -0.2) is 12.5 Å². The lowest BCUT2D eigenvalue weighted by atomic mass is 10.2. The molecule has 0 spiro atoms. The summed E-state index contributed by atoms with van der Waals surface area (Å²) in [5, 5.41) is 3.45. The molecule has 1 amide bonds. The van der Waals surface area contributed by atoms with Crippen LogP contribution in [0.3, 0.4) is 0 Å². The number of anilines is 1. The highest BCUT2D eigenvalue weighted by Gasteiger charge is 1.99. The maximum Gasteiger partial charge on any atom is 0.248 e. The number of nitrogens with one attached hydrogen (secondary N) is 1. The Labute approximate surface area is 134 Å². The standard InChI is InChI=1S/C18H16ClNO2/c1-2-13-22-17-10-8-16(9-11-17)20-18(21)12-5-14-3-6-15(19)7-4-14/h2-12H,1,13H2,(H,20,21)/b12-5+. The zero-order valence-corrected chi connectivity index (χ0v) is 12.7. The van der Waals surface area contributed by atoms with E-state index in [1.54, 1.807) is 48.6 Å². The van der Waals surface area contributed by atoms with E-state index < -0.39 is 0 Å². The number of hydrogen-bond donors (Lipinski definition) is 1. The Morgan fingerprint density at radius 1 is 1.14 bits per heavy atom. The number of ether oxygens (including phenoxy) is 1. The Balaban J connectivity index is 1.91. The minimum absolute atomic E-state index is 0.199. The van der Waals surface area contributed by atoms with Crippen LogP contribution in [0.1, 0.15) is 5.56 Å². The lowest BCUT2D eigenvalue weighted by Crippen LogP contribution is -2.07. The van der Waals surface area contributed by atoms with Gasteiger partial charge in [-0.15, -0.1) is 0 Å². The number of rotatable bonds is 6. The van der Waals surface area contributed by atoms with Gasteiger partial charge in [0.05, 0.1) is 0 Å². The van der Waals surface area contributed by atoms with Crippen molar-refractivity contribution in [3.8, 4) is 5.75 Å². The smallest absolute Gasteiger partial charge is 0.248 e. The lowest BCUT2D eigenvalue weighted by molar-refractivity contribution is -0.111. The molecule has 0 saturated carbocycles. The van der Waals surface area contributed by atoms with Crippen molar-refractivity contribution in [2.45, 2.75) is 0 Å². The number of hydrogen-bond acceptors (Lipinski definition) is 2. The van der Waals surface area contributed by atoms with Crippen LogP contribution in [0.2, 0.25) is 5.02 Å². The molecular weight excluding hydrogens is 298 g/mol. The van der Waals surface area contributed by atoms with Crippen LogP contribution in [0, 0.1) is 0 Å². The quantitative estimate of drug-likeness (QED) is 0.627. The molecule has 0 radical (unpaired) electrons. The van der Waals surface area contributed by atoms with E-state index >= 15 is 0 Å². The van der Waals surface area contributed by atoms with Crippen molar-refractivity contribution < 1.29 is 9.53 Å². The second-order valence-corrected chi connectivity index (χ2v) is 4.93. The first-order valence-electron chi connectivity index (χ1n) is 6.76. The fourth-order valence-corrected chi connectivity index (χ4v) is 1.85. The summed E-state index contributed by atoms with van der Waals surface area (Å²) < 4.78 is 5.37. The highest BCUT2D eigenvalue weighted by Crippen LogP contribution is 2.16. The summed E-state index contributed by atoms with van der Waals surface area (Å²) in [5.74, 6) is 0.532. The van der Waals surface area contributed by atoms with E-state index in [2.05, 4.69) is 11.9 Å². The Bertz CT molecular complexity index is 660. The molecule has 0 aliphatic heterocycles. The van der Waals surface area contributed by atoms with E-state index in [4.69, 9.17) is 16.3 Å². The summed E-state index contributed by atoms with van der Waals surface area (Å²) in [6, 6.07) is 14.4. The van der Waals surface area contributed by atoms with Crippen LogP contribution in [0.4, 0.5) is 5.69 Å². The molecule has 2 aromatic carbocycles. The van der Waals surface area contributed by atoms with Crippen molar-refractivity contribution >= 4 is 29.3 Å². The third-order valence-electron chi connectivity index (χ3n) is 2.79. The van der Waals surface area contributed by atoms with Crippen LogP contribution in [0.15, 0.2) is 67.3 Å². The number of carbonyl (C=O) groups is 1. The minimum atomic E-state index is -0.199. The molecule has 0 aromatic heterocycles. The zero-order valence-electron chi connectivity index (χ0n) is 12.0. The van der Waals surface area contributed by atoms with Crippen LogP contribution in [0.25, 0.3) is 6.08 Å². The predicted octanol–water partition coefficient (Wildman–Crippen LogP) is 4.56. The van der Waals surface area contributed by atoms with E-state index in [-0.39, 0.29) is 5.91 Å². The van der Waals surface area contributed by atoms with Crippen molar-refractivity contribution in [1.29, 1.82) is 0 Å². The molecule has 2 aromatic rings. The van der Waals surface area contributed by atoms with Gasteiger partial charge in [0.2, 0.25) is 5.91 Å². The summed E-state index contributed by atoms with van der Waals surface area (Å²) >= 11 is 5.81. The van der Waals surface area contributed by atoms with Gasteiger partial charge in [-0.2, -0.15) is 0 Å². The zero-order chi connectivity index (χ0) is 15.8. The number of carbonyl (C=O) groups excluding carboxylic acids is 1. The lowest BCUT2D eigenvalue weighted by Gasteiger charge is -2.05. The first-order valence-corrected chi connectivity index (χ1v) is 7.13.